The van der Waals surface area contributed by atoms with Crippen LogP contribution in [0.4, 0.5) is 0 Å². The fraction of sp³-hybridized carbons (Fsp3) is 0.111. The smallest absolute Gasteiger partial charge is 0.209 e. The average Bonchev–Trinajstić information content (AvgIpc) is 2.59. The summed E-state index contributed by atoms with van der Waals surface area (Å²) in [5.41, 5.74) is 0.552. The van der Waals surface area contributed by atoms with Gasteiger partial charge in [-0.05, 0) is 23.8 Å². The maximum Gasteiger partial charge on any atom is 0.209 e. The Morgan fingerprint density at radius 2 is 1.67 bits per heavy atom. The van der Waals surface area contributed by atoms with Crippen LogP contribution in [0.5, 0.6) is 17.2 Å². The fourth-order valence-electron chi connectivity index (χ4n) is 2.68. The number of ether oxygens (including phenoxy) is 2. The van der Waals surface area contributed by atoms with Crippen LogP contribution < -0.4 is 9.47 Å². The van der Waals surface area contributed by atoms with Gasteiger partial charge >= 0.3 is 0 Å². The number of fused-ring (bicyclic) bond motifs is 1. The lowest BCUT2D eigenvalue weighted by Gasteiger charge is -2.19. The minimum atomic E-state index is -0.589. The summed E-state index contributed by atoms with van der Waals surface area (Å²) in [5, 5.41) is 9.64. The zero-order valence-corrected chi connectivity index (χ0v) is 13.7. The molecule has 0 amide bonds. The SMILES string of the molecule is COc1ccc(C2=C(Cl)C(=O)c3c(O)cccc3C2=O)cc1OC. The van der Waals surface area contributed by atoms with E-state index >= 15 is 0 Å². The minimum Gasteiger partial charge on any atom is -0.507 e. The number of allylic oxidation sites excluding steroid dienone is 2. The maximum atomic E-state index is 12.8. The van der Waals surface area contributed by atoms with Crippen molar-refractivity contribution < 1.29 is 24.2 Å². The van der Waals surface area contributed by atoms with Gasteiger partial charge in [0.05, 0.1) is 25.4 Å². The lowest BCUT2D eigenvalue weighted by atomic mass is 9.85. The quantitative estimate of drug-likeness (QED) is 0.923. The zero-order chi connectivity index (χ0) is 17.4. The van der Waals surface area contributed by atoms with Gasteiger partial charge in [0.25, 0.3) is 0 Å². The Morgan fingerprint density at radius 1 is 0.958 bits per heavy atom. The van der Waals surface area contributed by atoms with Crippen molar-refractivity contribution >= 4 is 28.7 Å². The molecule has 122 valence electrons. The molecule has 1 aliphatic rings. The topological polar surface area (TPSA) is 72.8 Å². The molecule has 0 atom stereocenters. The summed E-state index contributed by atoms with van der Waals surface area (Å²) >= 11 is 6.16. The van der Waals surface area contributed by atoms with Crippen molar-refractivity contribution in [3.05, 3.63) is 58.1 Å². The molecule has 0 unspecified atom stereocenters. The van der Waals surface area contributed by atoms with E-state index in [2.05, 4.69) is 0 Å². The van der Waals surface area contributed by atoms with Crippen molar-refractivity contribution in [3.8, 4) is 17.2 Å². The number of phenols is 1. The summed E-state index contributed by atoms with van der Waals surface area (Å²) in [6.45, 7) is 0. The number of benzene rings is 2. The molecule has 3 rings (SSSR count). The summed E-state index contributed by atoms with van der Waals surface area (Å²) < 4.78 is 10.4. The van der Waals surface area contributed by atoms with Crippen molar-refractivity contribution in [2.45, 2.75) is 0 Å². The number of carbonyl (C=O) groups is 2. The van der Waals surface area contributed by atoms with Crippen LogP contribution >= 0.6 is 11.6 Å². The average molecular weight is 345 g/mol. The number of phenolic OH excluding ortho intramolecular Hbond substituents is 1. The number of aromatic hydroxyl groups is 1. The molecule has 24 heavy (non-hydrogen) atoms. The van der Waals surface area contributed by atoms with Gasteiger partial charge in [0, 0.05) is 5.56 Å². The number of carbonyl (C=O) groups excluding carboxylic acids is 2. The van der Waals surface area contributed by atoms with E-state index in [-0.39, 0.29) is 27.5 Å². The first-order valence-electron chi connectivity index (χ1n) is 7.03. The van der Waals surface area contributed by atoms with Crippen LogP contribution in [0.25, 0.3) is 5.57 Å². The second kappa shape index (κ2) is 6.02. The molecule has 2 aromatic carbocycles. The van der Waals surface area contributed by atoms with E-state index in [0.29, 0.717) is 17.1 Å². The third-order valence-electron chi connectivity index (χ3n) is 3.83. The molecule has 0 aliphatic heterocycles. The molecule has 0 aromatic heterocycles. The molecule has 0 saturated heterocycles. The van der Waals surface area contributed by atoms with Crippen LogP contribution in [-0.4, -0.2) is 30.9 Å². The first kappa shape index (κ1) is 16.1. The van der Waals surface area contributed by atoms with E-state index in [1.807, 2.05) is 0 Å². The van der Waals surface area contributed by atoms with Gasteiger partial charge in [-0.2, -0.15) is 0 Å². The number of Topliss-reactive ketones (excluding diaryl/α,β-unsaturated/α-hetero) is 2. The maximum absolute atomic E-state index is 12.8. The van der Waals surface area contributed by atoms with E-state index in [0.717, 1.165) is 0 Å². The summed E-state index contributed by atoms with van der Waals surface area (Å²) in [4.78, 5) is 25.3. The number of ketones is 2. The predicted octanol–water partition coefficient (Wildman–Crippen LogP) is 3.44. The molecular formula is C18H13ClO5. The second-order valence-electron chi connectivity index (χ2n) is 5.12. The van der Waals surface area contributed by atoms with Gasteiger partial charge < -0.3 is 14.6 Å². The molecule has 0 bridgehead atoms. The number of halogens is 1. The molecule has 5 nitrogen and oxygen atoms in total. The molecule has 0 radical (unpaired) electrons. The van der Waals surface area contributed by atoms with E-state index in [1.54, 1.807) is 18.2 Å². The Morgan fingerprint density at radius 3 is 2.33 bits per heavy atom. The van der Waals surface area contributed by atoms with Crippen molar-refractivity contribution in [2.24, 2.45) is 0 Å². The predicted molar refractivity (Wildman–Crippen MR) is 89.1 cm³/mol. The van der Waals surface area contributed by atoms with Gasteiger partial charge in [0.15, 0.2) is 17.3 Å². The van der Waals surface area contributed by atoms with Crippen molar-refractivity contribution in [1.29, 1.82) is 0 Å². The zero-order valence-electron chi connectivity index (χ0n) is 12.9. The third-order valence-corrected chi connectivity index (χ3v) is 4.19. The molecule has 0 heterocycles. The number of hydrogen-bond acceptors (Lipinski definition) is 5. The fourth-order valence-corrected chi connectivity index (χ4v) is 2.96. The Kier molecular flexibility index (Phi) is 4.03. The van der Waals surface area contributed by atoms with Crippen molar-refractivity contribution in [2.75, 3.05) is 14.2 Å². The first-order valence-corrected chi connectivity index (χ1v) is 7.41. The van der Waals surface area contributed by atoms with Crippen LogP contribution in [0.1, 0.15) is 26.3 Å². The summed E-state index contributed by atoms with van der Waals surface area (Å²) in [6, 6.07) is 9.16. The van der Waals surface area contributed by atoms with E-state index in [9.17, 15) is 14.7 Å². The Labute approximate surface area is 143 Å². The molecule has 0 spiro atoms. The van der Waals surface area contributed by atoms with E-state index < -0.39 is 11.6 Å². The summed E-state index contributed by atoms with van der Waals surface area (Å²) in [5.74, 6) is -0.387. The van der Waals surface area contributed by atoms with E-state index in [1.165, 1.54) is 32.4 Å². The van der Waals surface area contributed by atoms with Gasteiger partial charge in [-0.25, -0.2) is 0 Å². The first-order chi connectivity index (χ1) is 11.5. The van der Waals surface area contributed by atoms with Gasteiger partial charge in [-0.15, -0.1) is 0 Å². The number of rotatable bonds is 3. The number of methoxy groups -OCH3 is 2. The highest BCUT2D eigenvalue weighted by Gasteiger charge is 2.34. The molecule has 1 N–H and O–H groups in total. The Hall–Kier alpha value is -2.79. The highest BCUT2D eigenvalue weighted by Crippen LogP contribution is 2.39. The van der Waals surface area contributed by atoms with Crippen LogP contribution in [0.3, 0.4) is 0 Å². The third kappa shape index (κ3) is 2.34. The lowest BCUT2D eigenvalue weighted by molar-refractivity contribution is 0.0995. The highest BCUT2D eigenvalue weighted by atomic mass is 35.5. The highest BCUT2D eigenvalue weighted by molar-refractivity contribution is 6.57. The molecule has 2 aromatic rings. The molecule has 6 heteroatoms. The van der Waals surface area contributed by atoms with E-state index in [4.69, 9.17) is 21.1 Å². The standard InChI is InChI=1S/C18H13ClO5/c1-23-12-7-6-9(8-13(12)24-2)14-16(19)18(22)15-10(17(14)21)4-3-5-11(15)20/h3-8,20H,1-2H3. The van der Waals surface area contributed by atoms with Crippen LogP contribution in [0.2, 0.25) is 0 Å². The summed E-state index contributed by atoms with van der Waals surface area (Å²) in [7, 11) is 2.97. The number of hydrogen-bond donors (Lipinski definition) is 1. The lowest BCUT2D eigenvalue weighted by Crippen LogP contribution is -2.19. The van der Waals surface area contributed by atoms with Gasteiger partial charge in [0.1, 0.15) is 10.8 Å². The van der Waals surface area contributed by atoms with Crippen LogP contribution in [-0.2, 0) is 0 Å². The molecule has 1 aliphatic carbocycles. The van der Waals surface area contributed by atoms with Gasteiger partial charge in [0.2, 0.25) is 5.78 Å². The normalized spacial score (nSPS) is 13.8. The second-order valence-corrected chi connectivity index (χ2v) is 5.49. The monoisotopic (exact) mass is 344 g/mol. The van der Waals surface area contributed by atoms with Crippen molar-refractivity contribution in [3.63, 3.8) is 0 Å². The van der Waals surface area contributed by atoms with Crippen LogP contribution in [0, 0.1) is 0 Å². The van der Waals surface area contributed by atoms with Crippen LogP contribution in [0.15, 0.2) is 41.4 Å². The van der Waals surface area contributed by atoms with Gasteiger partial charge in [-0.3, -0.25) is 9.59 Å². The largest absolute Gasteiger partial charge is 0.507 e. The Balaban J connectivity index is 2.21. The summed E-state index contributed by atoms with van der Waals surface area (Å²) in [6.07, 6.45) is 0. The molecular weight excluding hydrogens is 332 g/mol. The molecule has 0 saturated carbocycles. The minimum absolute atomic E-state index is 0.0701. The molecule has 0 fully saturated rings. The Bertz CT molecular complexity index is 898. The van der Waals surface area contributed by atoms with Gasteiger partial charge in [-0.1, -0.05) is 29.8 Å². The van der Waals surface area contributed by atoms with Crippen molar-refractivity contribution in [1.82, 2.24) is 0 Å².